The summed E-state index contributed by atoms with van der Waals surface area (Å²) in [5, 5.41) is 0. The van der Waals surface area contributed by atoms with Crippen molar-refractivity contribution in [3.63, 3.8) is 0 Å². The summed E-state index contributed by atoms with van der Waals surface area (Å²) in [6.45, 7) is 14.8. The molecule has 4 aliphatic heterocycles. The van der Waals surface area contributed by atoms with Crippen molar-refractivity contribution >= 4 is 34.8 Å². The summed E-state index contributed by atoms with van der Waals surface area (Å²) in [7, 11) is 0. The third-order valence-electron chi connectivity index (χ3n) is 9.15. The van der Waals surface area contributed by atoms with Crippen molar-refractivity contribution in [2.75, 3.05) is 13.1 Å². The highest BCUT2D eigenvalue weighted by molar-refractivity contribution is 6.04. The van der Waals surface area contributed by atoms with Gasteiger partial charge in [0.05, 0.1) is 12.1 Å². The first-order valence-corrected chi connectivity index (χ1v) is 17.2. The molecule has 6 rings (SSSR count). The molecule has 0 aromatic heterocycles. The third kappa shape index (κ3) is 7.48. The summed E-state index contributed by atoms with van der Waals surface area (Å²) in [4.78, 5) is 39.0. The van der Waals surface area contributed by atoms with Crippen LogP contribution in [0.2, 0.25) is 0 Å². The predicted molar refractivity (Wildman–Crippen MR) is 193 cm³/mol. The average molecular weight is 649 g/mol. The van der Waals surface area contributed by atoms with Crippen LogP contribution in [0.5, 0.6) is 0 Å². The smallest absolute Gasteiger partial charge is 0.411 e. The molecule has 0 spiro atoms. The lowest BCUT2D eigenvalue weighted by Crippen LogP contribution is -2.43. The molecule has 2 aromatic rings. The molecule has 0 aliphatic carbocycles. The van der Waals surface area contributed by atoms with E-state index in [0.717, 1.165) is 64.9 Å². The summed E-state index contributed by atoms with van der Waals surface area (Å²) in [6, 6.07) is 17.1. The fourth-order valence-corrected chi connectivity index (χ4v) is 6.73. The molecule has 8 nitrogen and oxygen atoms in total. The monoisotopic (exact) mass is 648 g/mol. The minimum atomic E-state index is -0.548. The minimum absolute atomic E-state index is 0.00444. The van der Waals surface area contributed by atoms with Crippen LogP contribution in [0.1, 0.15) is 91.7 Å². The quantitative estimate of drug-likeness (QED) is 0.293. The highest BCUT2D eigenvalue weighted by Crippen LogP contribution is 2.34. The maximum Gasteiger partial charge on any atom is 0.411 e. The van der Waals surface area contributed by atoms with Gasteiger partial charge in [0, 0.05) is 49.8 Å². The Morgan fingerprint density at radius 2 is 1.21 bits per heavy atom. The predicted octanol–water partition coefficient (Wildman–Crippen LogP) is 9.08. The molecule has 1 fully saturated rings. The highest BCUT2D eigenvalue weighted by atomic mass is 16.6. The number of rotatable bonds is 6. The van der Waals surface area contributed by atoms with Crippen molar-refractivity contribution in [1.29, 1.82) is 0 Å². The largest absolute Gasteiger partial charge is 0.444 e. The molecule has 0 radical (unpaired) electrons. The molecule has 2 amide bonds. The van der Waals surface area contributed by atoms with Crippen LogP contribution >= 0.6 is 0 Å². The number of aliphatic imine (C=N–C) groups is 2. The second-order valence-corrected chi connectivity index (χ2v) is 15.1. The number of ether oxygens (including phenoxy) is 2. The molecule has 252 valence electrons. The van der Waals surface area contributed by atoms with Crippen molar-refractivity contribution in [3.8, 4) is 11.1 Å². The number of likely N-dealkylation sites (tertiary alicyclic amines) is 1. The standard InChI is InChI=1S/C40H48N4O4/c1-8-26-20-36(44(25-26)38(46)48-40(5,6)7)34-22-32(24-42-34)30-17-13-28(14-18-30)27-11-15-29(16-12-27)31-21-33(41-23-31)35-10-9-19-43(35)37(45)47-39(2,3)4/h11-18,20,23-24,35-36H,8-10,19,21-22,25H2,1-7H3/t35-,36-/m0/s1. The lowest BCUT2D eigenvalue weighted by molar-refractivity contribution is 0.0258. The Morgan fingerprint density at radius 3 is 1.73 bits per heavy atom. The number of hydrogen-bond donors (Lipinski definition) is 0. The van der Waals surface area contributed by atoms with Crippen LogP contribution < -0.4 is 0 Å². The Morgan fingerprint density at radius 1 is 0.729 bits per heavy atom. The van der Waals surface area contributed by atoms with Crippen molar-refractivity contribution in [1.82, 2.24) is 9.80 Å². The number of carbonyl (C=O) groups excluding carboxylic acids is 2. The molecule has 8 heteroatoms. The van der Waals surface area contributed by atoms with Crippen LogP contribution in [0.4, 0.5) is 9.59 Å². The lowest BCUT2D eigenvalue weighted by Gasteiger charge is -2.29. The summed E-state index contributed by atoms with van der Waals surface area (Å²) in [5.74, 6) is 0. The van der Waals surface area contributed by atoms with E-state index in [1.54, 1.807) is 4.90 Å². The first-order valence-electron chi connectivity index (χ1n) is 17.2. The summed E-state index contributed by atoms with van der Waals surface area (Å²) >= 11 is 0. The van der Waals surface area contributed by atoms with Crippen molar-refractivity contribution in [2.45, 2.75) is 104 Å². The minimum Gasteiger partial charge on any atom is -0.444 e. The molecule has 4 heterocycles. The van der Waals surface area contributed by atoms with Gasteiger partial charge in [0.1, 0.15) is 11.2 Å². The molecule has 0 saturated carbocycles. The molecule has 4 aliphatic rings. The Balaban J connectivity index is 1.06. The Kier molecular flexibility index (Phi) is 9.20. The van der Waals surface area contributed by atoms with Crippen LogP contribution in [0, 0.1) is 0 Å². The Labute approximate surface area is 284 Å². The van der Waals surface area contributed by atoms with Gasteiger partial charge in [-0.1, -0.05) is 67.1 Å². The van der Waals surface area contributed by atoms with E-state index in [1.807, 2.05) is 58.8 Å². The van der Waals surface area contributed by atoms with Gasteiger partial charge in [-0.15, -0.1) is 0 Å². The SMILES string of the molecule is CCC1=C[C@@H](C2=NC=C(c3ccc(-c4ccc(C5=CN=C([C@@H]6CCCN6C(=O)OC(C)(C)C)C5)cc4)cc3)C2)N(C(=O)OC(C)(C)C)C1. The van der Waals surface area contributed by atoms with Gasteiger partial charge >= 0.3 is 12.2 Å². The van der Waals surface area contributed by atoms with Crippen LogP contribution in [-0.2, 0) is 9.47 Å². The number of carbonyl (C=O) groups is 2. The zero-order chi connectivity index (χ0) is 34.2. The van der Waals surface area contributed by atoms with E-state index in [1.165, 1.54) is 11.1 Å². The normalized spacial score (nSPS) is 21.1. The molecule has 2 atom stereocenters. The zero-order valence-electron chi connectivity index (χ0n) is 29.4. The maximum atomic E-state index is 13.0. The fourth-order valence-electron chi connectivity index (χ4n) is 6.73. The summed E-state index contributed by atoms with van der Waals surface area (Å²) in [6.07, 6.45) is 9.72. The molecular weight excluding hydrogens is 600 g/mol. The van der Waals surface area contributed by atoms with E-state index in [4.69, 9.17) is 19.5 Å². The molecule has 1 saturated heterocycles. The van der Waals surface area contributed by atoms with E-state index >= 15 is 0 Å². The van der Waals surface area contributed by atoms with E-state index in [-0.39, 0.29) is 24.3 Å². The number of nitrogens with zero attached hydrogens (tertiary/aromatic N) is 4. The van der Waals surface area contributed by atoms with Crippen molar-refractivity contribution in [2.24, 2.45) is 9.98 Å². The van der Waals surface area contributed by atoms with Gasteiger partial charge < -0.3 is 9.47 Å². The third-order valence-corrected chi connectivity index (χ3v) is 9.15. The molecule has 0 unspecified atom stereocenters. The van der Waals surface area contributed by atoms with Crippen LogP contribution in [0.15, 0.2) is 82.6 Å². The molecule has 0 bridgehead atoms. The second kappa shape index (κ2) is 13.2. The summed E-state index contributed by atoms with van der Waals surface area (Å²) in [5.41, 5.74) is 9.04. The number of benzene rings is 2. The summed E-state index contributed by atoms with van der Waals surface area (Å²) < 4.78 is 11.4. The van der Waals surface area contributed by atoms with Gasteiger partial charge in [-0.25, -0.2) is 9.59 Å². The van der Waals surface area contributed by atoms with Gasteiger partial charge in [-0.3, -0.25) is 19.8 Å². The Bertz CT molecular complexity index is 1720. The van der Waals surface area contributed by atoms with E-state index in [9.17, 15) is 9.59 Å². The highest BCUT2D eigenvalue weighted by Gasteiger charge is 2.37. The van der Waals surface area contributed by atoms with E-state index < -0.39 is 11.2 Å². The maximum absolute atomic E-state index is 13.0. The van der Waals surface area contributed by atoms with E-state index in [0.29, 0.717) is 19.5 Å². The van der Waals surface area contributed by atoms with Gasteiger partial charge in [0.15, 0.2) is 0 Å². The topological polar surface area (TPSA) is 83.8 Å². The fraction of sp³-hybridized carbons (Fsp3) is 0.450. The van der Waals surface area contributed by atoms with Crippen LogP contribution in [0.3, 0.4) is 0 Å². The average Bonchev–Trinajstić information content (AvgIpc) is 3.85. The first-order chi connectivity index (χ1) is 22.8. The lowest BCUT2D eigenvalue weighted by atomic mass is 9.95. The Hall–Kier alpha value is -4.46. The second-order valence-electron chi connectivity index (χ2n) is 15.1. The van der Waals surface area contributed by atoms with E-state index in [2.05, 4.69) is 61.5 Å². The zero-order valence-corrected chi connectivity index (χ0v) is 29.4. The van der Waals surface area contributed by atoms with Gasteiger partial charge in [0.2, 0.25) is 0 Å². The van der Waals surface area contributed by atoms with Gasteiger partial charge in [-0.2, -0.15) is 0 Å². The van der Waals surface area contributed by atoms with Crippen LogP contribution in [0.25, 0.3) is 22.3 Å². The van der Waals surface area contributed by atoms with Gasteiger partial charge in [0.25, 0.3) is 0 Å². The number of allylic oxidation sites excluding steroid dienone is 2. The van der Waals surface area contributed by atoms with Crippen molar-refractivity contribution in [3.05, 3.63) is 83.7 Å². The van der Waals surface area contributed by atoms with Crippen LogP contribution in [-0.4, -0.2) is 69.8 Å². The molecular formula is C40H48N4O4. The molecule has 0 N–H and O–H groups in total. The molecule has 2 aromatic carbocycles. The number of hydrogen-bond acceptors (Lipinski definition) is 6. The van der Waals surface area contributed by atoms with Gasteiger partial charge in [-0.05, 0) is 94.2 Å². The number of amides is 2. The van der Waals surface area contributed by atoms with Crippen molar-refractivity contribution < 1.29 is 19.1 Å². The first kappa shape index (κ1) is 33.4. The molecule has 48 heavy (non-hydrogen) atoms.